The molecule has 2 aliphatic heterocycles. The molecular formula is C18H16FNO3. The molecule has 0 atom stereocenters. The second kappa shape index (κ2) is 5.57. The lowest BCUT2D eigenvalue weighted by Gasteiger charge is -2.30. The zero-order chi connectivity index (χ0) is 15.8. The number of anilines is 1. The summed E-state index contributed by atoms with van der Waals surface area (Å²) in [6.45, 7) is 1.57. The van der Waals surface area contributed by atoms with E-state index in [2.05, 4.69) is 0 Å². The van der Waals surface area contributed by atoms with Crippen molar-refractivity contribution in [1.82, 2.24) is 0 Å². The van der Waals surface area contributed by atoms with Crippen LogP contribution in [0.15, 0.2) is 36.4 Å². The Labute approximate surface area is 133 Å². The van der Waals surface area contributed by atoms with Gasteiger partial charge >= 0.3 is 0 Å². The molecular weight excluding hydrogens is 297 g/mol. The van der Waals surface area contributed by atoms with Crippen molar-refractivity contribution in [2.24, 2.45) is 0 Å². The fourth-order valence-corrected chi connectivity index (χ4v) is 3.09. The first-order valence-electron chi connectivity index (χ1n) is 7.72. The molecule has 2 aliphatic rings. The van der Waals surface area contributed by atoms with E-state index < -0.39 is 0 Å². The molecule has 0 aromatic heterocycles. The topological polar surface area (TPSA) is 38.8 Å². The van der Waals surface area contributed by atoms with Crippen molar-refractivity contribution in [1.29, 1.82) is 0 Å². The van der Waals surface area contributed by atoms with Crippen LogP contribution in [0, 0.1) is 5.82 Å². The summed E-state index contributed by atoms with van der Waals surface area (Å²) in [5.74, 6) is 0.760. The van der Waals surface area contributed by atoms with Gasteiger partial charge in [0.1, 0.15) is 19.0 Å². The van der Waals surface area contributed by atoms with Crippen LogP contribution in [0.2, 0.25) is 0 Å². The van der Waals surface area contributed by atoms with E-state index in [0.717, 1.165) is 18.4 Å². The molecule has 0 fully saturated rings. The van der Waals surface area contributed by atoms with Crippen LogP contribution in [-0.4, -0.2) is 25.7 Å². The monoisotopic (exact) mass is 313 g/mol. The minimum atomic E-state index is -0.328. The maximum Gasteiger partial charge on any atom is 0.258 e. The van der Waals surface area contributed by atoms with Gasteiger partial charge in [-0.15, -0.1) is 0 Å². The number of fused-ring (bicyclic) bond motifs is 2. The molecule has 0 spiro atoms. The molecule has 1 amide bonds. The molecule has 0 aliphatic carbocycles. The van der Waals surface area contributed by atoms with Crippen LogP contribution in [0.4, 0.5) is 10.1 Å². The number of benzene rings is 2. The second-order valence-electron chi connectivity index (χ2n) is 5.69. The van der Waals surface area contributed by atoms with Gasteiger partial charge in [-0.25, -0.2) is 4.39 Å². The maximum absolute atomic E-state index is 13.6. The third-order valence-electron chi connectivity index (χ3n) is 4.20. The molecule has 2 aromatic rings. The number of ether oxygens (including phenoxy) is 2. The summed E-state index contributed by atoms with van der Waals surface area (Å²) >= 11 is 0. The van der Waals surface area contributed by atoms with Crippen LogP contribution >= 0.6 is 0 Å². The quantitative estimate of drug-likeness (QED) is 0.811. The average Bonchev–Trinajstić information content (AvgIpc) is 2.60. The minimum Gasteiger partial charge on any atom is -0.486 e. The number of carbonyl (C=O) groups excluding carboxylic acids is 1. The molecule has 2 aromatic carbocycles. The Bertz CT molecular complexity index is 775. The van der Waals surface area contributed by atoms with Crippen molar-refractivity contribution in [2.75, 3.05) is 24.7 Å². The van der Waals surface area contributed by atoms with E-state index in [1.165, 1.54) is 12.1 Å². The predicted molar refractivity (Wildman–Crippen MR) is 83.8 cm³/mol. The maximum atomic E-state index is 13.6. The lowest BCUT2D eigenvalue weighted by Crippen LogP contribution is -2.35. The third kappa shape index (κ3) is 2.52. The molecule has 0 bridgehead atoms. The van der Waals surface area contributed by atoms with E-state index in [1.807, 2.05) is 0 Å². The van der Waals surface area contributed by atoms with Crippen LogP contribution < -0.4 is 14.4 Å². The van der Waals surface area contributed by atoms with E-state index in [4.69, 9.17) is 9.47 Å². The highest BCUT2D eigenvalue weighted by molar-refractivity contribution is 6.07. The van der Waals surface area contributed by atoms with Gasteiger partial charge in [0.15, 0.2) is 11.5 Å². The summed E-state index contributed by atoms with van der Waals surface area (Å²) in [5, 5.41) is 0. The number of aryl methyl sites for hydroxylation is 1. The Kier molecular flexibility index (Phi) is 3.41. The van der Waals surface area contributed by atoms with Crippen LogP contribution in [0.5, 0.6) is 11.5 Å². The van der Waals surface area contributed by atoms with Crippen molar-refractivity contribution >= 4 is 11.6 Å². The van der Waals surface area contributed by atoms with Crippen molar-refractivity contribution in [2.45, 2.75) is 12.8 Å². The summed E-state index contributed by atoms with van der Waals surface area (Å²) < 4.78 is 24.6. The molecule has 4 nitrogen and oxygen atoms in total. The fourth-order valence-electron chi connectivity index (χ4n) is 3.09. The summed E-state index contributed by atoms with van der Waals surface area (Å²) in [5.41, 5.74) is 2.19. The van der Waals surface area contributed by atoms with Gasteiger partial charge in [0.2, 0.25) is 0 Å². The Morgan fingerprint density at radius 2 is 1.87 bits per heavy atom. The average molecular weight is 313 g/mol. The first-order chi connectivity index (χ1) is 11.2. The summed E-state index contributed by atoms with van der Waals surface area (Å²) in [7, 11) is 0. The molecule has 0 saturated heterocycles. The molecule has 0 unspecified atom stereocenters. The van der Waals surface area contributed by atoms with Gasteiger partial charge in [-0.05, 0) is 48.7 Å². The zero-order valence-corrected chi connectivity index (χ0v) is 12.5. The van der Waals surface area contributed by atoms with Crippen LogP contribution in [-0.2, 0) is 6.42 Å². The highest BCUT2D eigenvalue weighted by Gasteiger charge is 2.25. The Balaban J connectivity index is 1.69. The number of rotatable bonds is 1. The summed E-state index contributed by atoms with van der Waals surface area (Å²) in [4.78, 5) is 14.5. The Morgan fingerprint density at radius 1 is 1.04 bits per heavy atom. The molecule has 0 N–H and O–H groups in total. The number of amides is 1. The summed E-state index contributed by atoms with van der Waals surface area (Å²) in [6.07, 6.45) is 1.73. The van der Waals surface area contributed by atoms with Gasteiger partial charge in [-0.1, -0.05) is 6.07 Å². The molecule has 0 saturated carbocycles. The molecule has 23 heavy (non-hydrogen) atoms. The van der Waals surface area contributed by atoms with Gasteiger partial charge in [0, 0.05) is 12.1 Å². The van der Waals surface area contributed by atoms with Gasteiger partial charge in [-0.2, -0.15) is 0 Å². The SMILES string of the molecule is O=C(c1ccc2c(c1)OCCO2)N1CCCc2ccc(F)cc21. The fraction of sp³-hybridized carbons (Fsp3) is 0.278. The highest BCUT2D eigenvalue weighted by atomic mass is 19.1. The van der Waals surface area contributed by atoms with Crippen molar-refractivity contribution < 1.29 is 18.7 Å². The largest absolute Gasteiger partial charge is 0.486 e. The lowest BCUT2D eigenvalue weighted by molar-refractivity contribution is 0.0984. The molecule has 5 heteroatoms. The molecule has 2 heterocycles. The first kappa shape index (κ1) is 14.1. The molecule has 4 rings (SSSR count). The van der Waals surface area contributed by atoms with E-state index in [9.17, 15) is 9.18 Å². The predicted octanol–water partition coefficient (Wildman–Crippen LogP) is 3.19. The van der Waals surface area contributed by atoms with Crippen molar-refractivity contribution in [3.63, 3.8) is 0 Å². The van der Waals surface area contributed by atoms with Gasteiger partial charge < -0.3 is 14.4 Å². The first-order valence-corrected chi connectivity index (χ1v) is 7.72. The molecule has 0 radical (unpaired) electrons. The lowest BCUT2D eigenvalue weighted by atomic mass is 10.0. The third-order valence-corrected chi connectivity index (χ3v) is 4.20. The zero-order valence-electron chi connectivity index (χ0n) is 12.5. The number of hydrogen-bond donors (Lipinski definition) is 0. The van der Waals surface area contributed by atoms with Crippen LogP contribution in [0.3, 0.4) is 0 Å². The highest BCUT2D eigenvalue weighted by Crippen LogP contribution is 2.33. The van der Waals surface area contributed by atoms with E-state index in [1.54, 1.807) is 29.2 Å². The van der Waals surface area contributed by atoms with E-state index in [-0.39, 0.29) is 11.7 Å². The second-order valence-corrected chi connectivity index (χ2v) is 5.69. The standard InChI is InChI=1S/C18H16FNO3/c19-14-5-3-12-2-1-7-20(15(12)11-14)18(21)13-4-6-16-17(10-13)23-9-8-22-16/h3-6,10-11H,1-2,7-9H2. The van der Waals surface area contributed by atoms with E-state index >= 15 is 0 Å². The number of hydrogen-bond acceptors (Lipinski definition) is 3. The normalized spacial score (nSPS) is 16.0. The van der Waals surface area contributed by atoms with Crippen LogP contribution in [0.1, 0.15) is 22.3 Å². The number of carbonyl (C=O) groups is 1. The number of nitrogens with zero attached hydrogens (tertiary/aromatic N) is 1. The minimum absolute atomic E-state index is 0.145. The van der Waals surface area contributed by atoms with Crippen molar-refractivity contribution in [3.05, 3.63) is 53.3 Å². The van der Waals surface area contributed by atoms with Crippen molar-refractivity contribution in [3.8, 4) is 11.5 Å². The van der Waals surface area contributed by atoms with E-state index in [0.29, 0.717) is 42.5 Å². The van der Waals surface area contributed by atoms with Gasteiger partial charge in [-0.3, -0.25) is 4.79 Å². The number of halogens is 1. The summed E-state index contributed by atoms with van der Waals surface area (Å²) in [6, 6.07) is 9.81. The van der Waals surface area contributed by atoms with Gasteiger partial charge in [0.25, 0.3) is 5.91 Å². The smallest absolute Gasteiger partial charge is 0.258 e. The van der Waals surface area contributed by atoms with Gasteiger partial charge in [0.05, 0.1) is 5.69 Å². The Hall–Kier alpha value is -2.56. The molecule has 118 valence electrons. The van der Waals surface area contributed by atoms with Crippen LogP contribution in [0.25, 0.3) is 0 Å². The Morgan fingerprint density at radius 3 is 2.74 bits per heavy atom.